The summed E-state index contributed by atoms with van der Waals surface area (Å²) in [5.41, 5.74) is 2.16. The molecule has 5 rings (SSSR count). The molecule has 0 aliphatic carbocycles. The fourth-order valence-corrected chi connectivity index (χ4v) is 7.50. The summed E-state index contributed by atoms with van der Waals surface area (Å²) >= 11 is 1.72. The lowest BCUT2D eigenvalue weighted by atomic mass is 10.1. The molecule has 0 saturated carbocycles. The van der Waals surface area contributed by atoms with E-state index in [1.807, 2.05) is 23.1 Å². The van der Waals surface area contributed by atoms with E-state index in [0.717, 1.165) is 49.4 Å². The molecular formula is C25H30N4O3S2. The van der Waals surface area contributed by atoms with Crippen LogP contribution in [0.1, 0.15) is 40.2 Å². The van der Waals surface area contributed by atoms with Crippen molar-refractivity contribution in [2.24, 2.45) is 0 Å². The molecule has 180 valence electrons. The van der Waals surface area contributed by atoms with Crippen LogP contribution in [0.5, 0.6) is 0 Å². The number of aryl methyl sites for hydroxylation is 1. The summed E-state index contributed by atoms with van der Waals surface area (Å²) in [5.74, 6) is -0.102. The van der Waals surface area contributed by atoms with E-state index in [1.165, 1.54) is 4.70 Å². The van der Waals surface area contributed by atoms with Crippen molar-refractivity contribution < 1.29 is 13.2 Å². The predicted molar refractivity (Wildman–Crippen MR) is 135 cm³/mol. The number of piperidine rings is 1. The molecule has 0 radical (unpaired) electrons. The number of aromatic nitrogens is 1. The Hall–Kier alpha value is -2.33. The van der Waals surface area contributed by atoms with Gasteiger partial charge in [-0.2, -0.15) is 4.31 Å². The topological polar surface area (TPSA) is 73.8 Å². The maximum Gasteiger partial charge on any atom is 0.253 e. The number of amides is 1. The highest BCUT2D eigenvalue weighted by Gasteiger charge is 2.29. The zero-order chi connectivity index (χ0) is 23.7. The Balaban J connectivity index is 1.25. The van der Waals surface area contributed by atoms with Crippen molar-refractivity contribution >= 4 is 37.5 Å². The van der Waals surface area contributed by atoms with E-state index in [2.05, 4.69) is 11.0 Å². The van der Waals surface area contributed by atoms with Gasteiger partial charge in [-0.25, -0.2) is 13.4 Å². The lowest BCUT2D eigenvalue weighted by Crippen LogP contribution is -2.48. The number of sulfonamides is 1. The molecular weight excluding hydrogens is 468 g/mol. The number of carbonyl (C=O) groups excluding carboxylic acids is 1. The zero-order valence-corrected chi connectivity index (χ0v) is 21.1. The first-order valence-corrected chi connectivity index (χ1v) is 14.1. The van der Waals surface area contributed by atoms with Gasteiger partial charge in [0.2, 0.25) is 10.0 Å². The molecule has 2 saturated heterocycles. The summed E-state index contributed by atoms with van der Waals surface area (Å²) in [6.45, 7) is 6.46. The maximum atomic E-state index is 13.2. The number of carbonyl (C=O) groups is 1. The zero-order valence-electron chi connectivity index (χ0n) is 19.4. The molecule has 1 aromatic heterocycles. The Labute approximate surface area is 205 Å². The summed E-state index contributed by atoms with van der Waals surface area (Å²) in [6, 6.07) is 13.2. The third-order valence-corrected chi connectivity index (χ3v) is 9.79. The highest BCUT2D eigenvalue weighted by molar-refractivity contribution is 7.89. The molecule has 34 heavy (non-hydrogen) atoms. The minimum absolute atomic E-state index is 0.102. The largest absolute Gasteiger partial charge is 0.336 e. The highest BCUT2D eigenvalue weighted by Crippen LogP contribution is 2.26. The van der Waals surface area contributed by atoms with Crippen molar-refractivity contribution in [1.29, 1.82) is 0 Å². The second-order valence-electron chi connectivity index (χ2n) is 9.09. The number of thiazole rings is 1. The average Bonchev–Trinajstić information content (AvgIpc) is 3.27. The molecule has 3 heterocycles. The first-order chi connectivity index (χ1) is 16.4. The van der Waals surface area contributed by atoms with Gasteiger partial charge in [0.25, 0.3) is 5.91 Å². The van der Waals surface area contributed by atoms with Gasteiger partial charge in [0.1, 0.15) is 5.01 Å². The first kappa shape index (κ1) is 23.4. The number of benzene rings is 2. The van der Waals surface area contributed by atoms with Gasteiger partial charge in [0.05, 0.1) is 21.7 Å². The number of fused-ring (bicyclic) bond motifs is 1. The Bertz CT molecular complexity index is 1260. The third kappa shape index (κ3) is 4.75. The van der Waals surface area contributed by atoms with Crippen molar-refractivity contribution in [2.75, 3.05) is 39.3 Å². The second kappa shape index (κ2) is 9.73. The Morgan fingerprint density at radius 3 is 2.44 bits per heavy atom. The van der Waals surface area contributed by atoms with Gasteiger partial charge in [0, 0.05) is 44.8 Å². The molecule has 0 spiro atoms. The lowest BCUT2D eigenvalue weighted by Gasteiger charge is -2.34. The molecule has 1 amide bonds. The summed E-state index contributed by atoms with van der Waals surface area (Å²) in [6.07, 6.45) is 2.84. The maximum absolute atomic E-state index is 13.2. The van der Waals surface area contributed by atoms with Crippen LogP contribution in [0.25, 0.3) is 10.2 Å². The fraction of sp³-hybridized carbons (Fsp3) is 0.440. The smallest absolute Gasteiger partial charge is 0.253 e. The average molecular weight is 499 g/mol. The third-order valence-electron chi connectivity index (χ3n) is 6.72. The van der Waals surface area contributed by atoms with Crippen LogP contribution >= 0.6 is 11.3 Å². The normalized spacial score (nSPS) is 18.4. The summed E-state index contributed by atoms with van der Waals surface area (Å²) < 4.78 is 29.2. The Morgan fingerprint density at radius 1 is 0.971 bits per heavy atom. The van der Waals surface area contributed by atoms with Crippen LogP contribution in [0.3, 0.4) is 0 Å². The molecule has 0 unspecified atom stereocenters. The molecule has 2 aliphatic rings. The summed E-state index contributed by atoms with van der Waals surface area (Å²) in [7, 11) is -3.59. The number of nitrogens with zero attached hydrogens (tertiary/aromatic N) is 4. The number of hydrogen-bond donors (Lipinski definition) is 0. The van der Waals surface area contributed by atoms with E-state index < -0.39 is 10.0 Å². The number of hydrogen-bond acceptors (Lipinski definition) is 6. The number of rotatable bonds is 5. The molecule has 9 heteroatoms. The molecule has 2 aromatic carbocycles. The van der Waals surface area contributed by atoms with E-state index in [4.69, 9.17) is 4.98 Å². The van der Waals surface area contributed by atoms with Crippen molar-refractivity contribution in [1.82, 2.24) is 19.1 Å². The van der Waals surface area contributed by atoms with Crippen LogP contribution in [0.15, 0.2) is 47.4 Å². The molecule has 0 bridgehead atoms. The Morgan fingerprint density at radius 2 is 1.71 bits per heavy atom. The van der Waals surface area contributed by atoms with Gasteiger partial charge < -0.3 is 4.90 Å². The van der Waals surface area contributed by atoms with Crippen LogP contribution < -0.4 is 0 Å². The van der Waals surface area contributed by atoms with Gasteiger partial charge in [0.15, 0.2) is 0 Å². The minimum Gasteiger partial charge on any atom is -0.336 e. The van der Waals surface area contributed by atoms with E-state index in [1.54, 1.807) is 40.8 Å². The molecule has 0 N–H and O–H groups in total. The van der Waals surface area contributed by atoms with Crippen molar-refractivity contribution in [2.45, 2.75) is 37.6 Å². The SMILES string of the molecule is Cc1ccc(C(=O)N2CCN(Cc3nc4ccccc4s3)CC2)cc1S(=O)(=O)N1CCCCC1. The second-order valence-corrected chi connectivity index (χ2v) is 12.1. The first-order valence-electron chi connectivity index (χ1n) is 11.9. The van der Waals surface area contributed by atoms with E-state index in [0.29, 0.717) is 37.3 Å². The Kier molecular flexibility index (Phi) is 6.70. The van der Waals surface area contributed by atoms with Crippen LogP contribution in [0.4, 0.5) is 0 Å². The molecule has 2 aliphatic heterocycles. The monoisotopic (exact) mass is 498 g/mol. The van der Waals surface area contributed by atoms with Gasteiger partial charge in [-0.15, -0.1) is 11.3 Å². The predicted octanol–water partition coefficient (Wildman–Crippen LogP) is 3.74. The van der Waals surface area contributed by atoms with E-state index in [9.17, 15) is 13.2 Å². The summed E-state index contributed by atoms with van der Waals surface area (Å²) in [5, 5.41) is 1.09. The van der Waals surface area contributed by atoms with Gasteiger partial charge >= 0.3 is 0 Å². The molecule has 3 aromatic rings. The molecule has 0 atom stereocenters. The van der Waals surface area contributed by atoms with E-state index in [-0.39, 0.29) is 10.8 Å². The lowest BCUT2D eigenvalue weighted by molar-refractivity contribution is 0.0628. The minimum atomic E-state index is -3.59. The molecule has 7 nitrogen and oxygen atoms in total. The van der Waals surface area contributed by atoms with Crippen LogP contribution in [0, 0.1) is 6.92 Å². The summed E-state index contributed by atoms with van der Waals surface area (Å²) in [4.78, 5) is 22.4. The number of para-hydroxylation sites is 1. The van der Waals surface area contributed by atoms with Crippen molar-refractivity contribution in [3.05, 3.63) is 58.6 Å². The molecule has 2 fully saturated rings. The standard InChI is InChI=1S/C25H30N4O3S2/c1-19-9-10-20(17-23(19)34(31,32)29-11-5-2-6-12-29)25(30)28-15-13-27(14-16-28)18-24-26-21-7-3-4-8-22(21)33-24/h3-4,7-10,17H,2,5-6,11-16,18H2,1H3. The van der Waals surface area contributed by atoms with Gasteiger partial charge in [-0.05, 0) is 49.6 Å². The van der Waals surface area contributed by atoms with E-state index >= 15 is 0 Å². The van der Waals surface area contributed by atoms with Crippen LogP contribution in [-0.4, -0.2) is 72.7 Å². The van der Waals surface area contributed by atoms with Crippen molar-refractivity contribution in [3.8, 4) is 0 Å². The van der Waals surface area contributed by atoms with Crippen molar-refractivity contribution in [3.63, 3.8) is 0 Å². The fourth-order valence-electron chi connectivity index (χ4n) is 4.73. The van der Waals surface area contributed by atoms with Gasteiger partial charge in [-0.3, -0.25) is 9.69 Å². The van der Waals surface area contributed by atoms with Gasteiger partial charge in [-0.1, -0.05) is 24.6 Å². The van der Waals surface area contributed by atoms with Crippen LogP contribution in [-0.2, 0) is 16.6 Å². The highest BCUT2D eigenvalue weighted by atomic mass is 32.2. The number of piperazine rings is 1. The quantitative estimate of drug-likeness (QED) is 0.536. The van der Waals surface area contributed by atoms with Crippen LogP contribution in [0.2, 0.25) is 0 Å².